The quantitative estimate of drug-likeness (QED) is 0.311. The lowest BCUT2D eigenvalue weighted by atomic mass is 10.1. The van der Waals surface area contributed by atoms with Crippen LogP contribution in [0.2, 0.25) is 0 Å². The monoisotopic (exact) mass is 568 g/mol. The lowest BCUT2D eigenvalue weighted by molar-refractivity contribution is -0.164. The Kier molecular flexibility index (Phi) is 11.5. The minimum absolute atomic E-state index is 0.00500. The summed E-state index contributed by atoms with van der Waals surface area (Å²) in [7, 11) is 0. The number of hydrogen-bond acceptors (Lipinski definition) is 8. The van der Waals surface area contributed by atoms with Crippen molar-refractivity contribution in [3.8, 4) is 0 Å². The topological polar surface area (TPSA) is 140 Å². The van der Waals surface area contributed by atoms with Crippen molar-refractivity contribution in [2.24, 2.45) is 5.73 Å². The van der Waals surface area contributed by atoms with E-state index >= 15 is 0 Å². The van der Waals surface area contributed by atoms with Crippen LogP contribution in [0.15, 0.2) is 60.7 Å². The van der Waals surface area contributed by atoms with E-state index in [0.29, 0.717) is 13.1 Å². The Hall–Kier alpha value is -4.12. The fourth-order valence-corrected chi connectivity index (χ4v) is 4.32. The van der Waals surface area contributed by atoms with Gasteiger partial charge in [0.2, 0.25) is 0 Å². The average molecular weight is 569 g/mol. The third-order valence-electron chi connectivity index (χ3n) is 6.36. The molecular formula is C30H40N4O7. The first-order chi connectivity index (χ1) is 19.5. The highest BCUT2D eigenvalue weighted by Gasteiger charge is 2.35. The molecule has 0 radical (unpaired) electrons. The van der Waals surface area contributed by atoms with Gasteiger partial charge in [-0.05, 0) is 44.7 Å². The van der Waals surface area contributed by atoms with Gasteiger partial charge in [0, 0.05) is 26.1 Å². The van der Waals surface area contributed by atoms with Gasteiger partial charge >= 0.3 is 24.1 Å². The van der Waals surface area contributed by atoms with Crippen LogP contribution in [0.25, 0.3) is 0 Å². The number of rotatable bonds is 11. The number of nitrogens with two attached hydrogens (primary N) is 1. The molecule has 0 bridgehead atoms. The van der Waals surface area contributed by atoms with E-state index in [2.05, 4.69) is 10.2 Å². The number of alkyl carbamates (subject to hydrolysis) is 1. The Morgan fingerprint density at radius 1 is 0.976 bits per heavy atom. The molecule has 1 unspecified atom stereocenters. The number of primary amides is 1. The molecule has 1 aliphatic rings. The van der Waals surface area contributed by atoms with Crippen molar-refractivity contribution in [3.05, 3.63) is 71.8 Å². The van der Waals surface area contributed by atoms with Gasteiger partial charge in [0.05, 0.1) is 6.54 Å². The van der Waals surface area contributed by atoms with Crippen LogP contribution in [0.1, 0.15) is 44.7 Å². The molecule has 3 N–H and O–H groups in total. The molecule has 3 rings (SSSR count). The number of urea groups is 1. The summed E-state index contributed by atoms with van der Waals surface area (Å²) >= 11 is 0. The molecule has 1 heterocycles. The van der Waals surface area contributed by atoms with Crippen molar-refractivity contribution in [2.75, 3.05) is 26.2 Å². The van der Waals surface area contributed by atoms with Crippen molar-refractivity contribution in [2.45, 2.75) is 64.5 Å². The summed E-state index contributed by atoms with van der Waals surface area (Å²) in [6.45, 7) is 6.99. The zero-order chi connectivity index (χ0) is 29.8. The molecule has 11 heteroatoms. The van der Waals surface area contributed by atoms with Gasteiger partial charge in [-0.25, -0.2) is 14.4 Å². The molecule has 11 nitrogen and oxygen atoms in total. The summed E-state index contributed by atoms with van der Waals surface area (Å²) < 4.78 is 16.3. The molecule has 222 valence electrons. The van der Waals surface area contributed by atoms with Gasteiger partial charge in [0.15, 0.2) is 6.23 Å². The maximum absolute atomic E-state index is 13.3. The number of nitrogens with zero attached hydrogens (tertiary/aromatic N) is 2. The second kappa shape index (κ2) is 15.0. The summed E-state index contributed by atoms with van der Waals surface area (Å²) in [6, 6.07) is 17.1. The van der Waals surface area contributed by atoms with E-state index in [0.717, 1.165) is 12.0 Å². The number of esters is 2. The summed E-state index contributed by atoms with van der Waals surface area (Å²) in [5, 5.41) is 2.50. The maximum atomic E-state index is 13.3. The largest absolute Gasteiger partial charge is 0.460 e. The molecule has 1 aliphatic heterocycles. The van der Waals surface area contributed by atoms with Crippen LogP contribution in [-0.2, 0) is 36.8 Å². The zero-order valence-electron chi connectivity index (χ0n) is 23.9. The summed E-state index contributed by atoms with van der Waals surface area (Å²) in [4.78, 5) is 53.8. The average Bonchev–Trinajstić information content (AvgIpc) is 2.93. The maximum Gasteiger partial charge on any atom is 0.408 e. The summed E-state index contributed by atoms with van der Waals surface area (Å²) in [5.74, 6) is -1.34. The lowest BCUT2D eigenvalue weighted by Gasteiger charge is -2.40. The van der Waals surface area contributed by atoms with Gasteiger partial charge in [0.25, 0.3) is 0 Å². The van der Waals surface area contributed by atoms with Gasteiger partial charge in [-0.3, -0.25) is 14.6 Å². The van der Waals surface area contributed by atoms with Crippen LogP contribution in [0.3, 0.4) is 0 Å². The Morgan fingerprint density at radius 2 is 1.61 bits per heavy atom. The fourth-order valence-electron chi connectivity index (χ4n) is 4.32. The highest BCUT2D eigenvalue weighted by Crippen LogP contribution is 2.16. The van der Waals surface area contributed by atoms with E-state index in [4.69, 9.17) is 19.9 Å². The molecule has 41 heavy (non-hydrogen) atoms. The van der Waals surface area contributed by atoms with Crippen LogP contribution in [-0.4, -0.2) is 77.9 Å². The molecule has 2 atom stereocenters. The van der Waals surface area contributed by atoms with Gasteiger partial charge in [0.1, 0.15) is 18.2 Å². The van der Waals surface area contributed by atoms with E-state index in [-0.39, 0.29) is 32.5 Å². The van der Waals surface area contributed by atoms with E-state index in [1.165, 1.54) is 10.5 Å². The highest BCUT2D eigenvalue weighted by molar-refractivity contribution is 5.82. The van der Waals surface area contributed by atoms with Crippen LogP contribution in [0.5, 0.6) is 0 Å². The molecular weight excluding hydrogens is 528 g/mol. The van der Waals surface area contributed by atoms with E-state index in [1.54, 1.807) is 32.9 Å². The highest BCUT2D eigenvalue weighted by atomic mass is 16.6. The molecule has 2 aromatic rings. The second-order valence-corrected chi connectivity index (χ2v) is 10.8. The Morgan fingerprint density at radius 3 is 2.22 bits per heavy atom. The first-order valence-electron chi connectivity index (χ1n) is 13.7. The third-order valence-corrected chi connectivity index (χ3v) is 6.36. The smallest absolute Gasteiger partial charge is 0.408 e. The first kappa shape index (κ1) is 31.4. The van der Waals surface area contributed by atoms with Gasteiger partial charge in [-0.15, -0.1) is 0 Å². The van der Waals surface area contributed by atoms with Crippen LogP contribution in [0.4, 0.5) is 9.59 Å². The van der Waals surface area contributed by atoms with Gasteiger partial charge < -0.3 is 25.3 Å². The van der Waals surface area contributed by atoms with Crippen LogP contribution >= 0.6 is 0 Å². The lowest BCUT2D eigenvalue weighted by Crippen LogP contribution is -2.59. The normalized spacial score (nSPS) is 16.4. The molecule has 0 aromatic heterocycles. The first-order valence-corrected chi connectivity index (χ1v) is 13.7. The molecule has 1 saturated heterocycles. The molecule has 1 fully saturated rings. The Balaban J connectivity index is 1.65. The number of ether oxygens (including phenoxy) is 3. The Bertz CT molecular complexity index is 1150. The number of carbonyl (C=O) groups is 4. The fraction of sp³-hybridized carbons (Fsp3) is 0.467. The number of hydrogen-bond donors (Lipinski definition) is 2. The number of amides is 3. The molecule has 0 saturated carbocycles. The van der Waals surface area contributed by atoms with Crippen LogP contribution in [0, 0.1) is 0 Å². The third kappa shape index (κ3) is 11.1. The molecule has 0 aliphatic carbocycles. The number of piperazine rings is 1. The van der Waals surface area contributed by atoms with Crippen molar-refractivity contribution in [3.63, 3.8) is 0 Å². The molecule has 3 amide bonds. The summed E-state index contributed by atoms with van der Waals surface area (Å²) in [5.41, 5.74) is 6.81. The van der Waals surface area contributed by atoms with E-state index in [9.17, 15) is 19.2 Å². The van der Waals surface area contributed by atoms with Crippen molar-refractivity contribution in [1.82, 2.24) is 15.1 Å². The second-order valence-electron chi connectivity index (χ2n) is 10.8. The van der Waals surface area contributed by atoms with Gasteiger partial charge in [-0.2, -0.15) is 0 Å². The van der Waals surface area contributed by atoms with Crippen molar-refractivity contribution >= 4 is 24.1 Å². The molecule has 0 spiro atoms. The minimum Gasteiger partial charge on any atom is -0.460 e. The zero-order valence-corrected chi connectivity index (χ0v) is 23.9. The number of carbonyl (C=O) groups excluding carboxylic acids is 4. The predicted molar refractivity (Wildman–Crippen MR) is 151 cm³/mol. The standard InChI is InChI=1S/C30H40N4O7/c1-30(2,3)41-26(35)15-14-24(32-29(38)39-21-23-12-8-5-9-13-23)27(36)40-25-20-33(18-19-34(25)28(31)37)17-16-22-10-6-4-7-11-22/h4-13,24-25H,14-21H2,1-3H3,(H2,31,37)(H,32,38)/t24-,25?/m0/s1. The SMILES string of the molecule is CC(C)(C)OC(=O)CC[C@H](NC(=O)OCc1ccccc1)C(=O)OC1CN(CCc2ccccc2)CCN1C(N)=O. The van der Waals surface area contributed by atoms with Crippen molar-refractivity contribution in [1.29, 1.82) is 0 Å². The summed E-state index contributed by atoms with van der Waals surface area (Å²) in [6.07, 6.45) is -1.26. The number of benzene rings is 2. The van der Waals surface area contributed by atoms with Crippen LogP contribution < -0.4 is 11.1 Å². The van der Waals surface area contributed by atoms with Gasteiger partial charge in [-0.1, -0.05) is 60.7 Å². The van der Waals surface area contributed by atoms with E-state index < -0.39 is 41.9 Å². The number of nitrogens with one attached hydrogen (secondary N) is 1. The van der Waals surface area contributed by atoms with Crippen molar-refractivity contribution < 1.29 is 33.4 Å². The Labute approximate surface area is 240 Å². The minimum atomic E-state index is -1.22. The molecule has 2 aromatic carbocycles. The van der Waals surface area contributed by atoms with E-state index in [1.807, 2.05) is 48.5 Å². The predicted octanol–water partition coefficient (Wildman–Crippen LogP) is 3.21.